The number of hydrogen-bond acceptors (Lipinski definition) is 7. The van der Waals surface area contributed by atoms with Crippen LogP contribution in [0.25, 0.3) is 0 Å². The van der Waals surface area contributed by atoms with Crippen LogP contribution in [0.2, 0.25) is 0 Å². The molecule has 1 N–H and O–H groups in total. The van der Waals surface area contributed by atoms with Crippen molar-refractivity contribution in [3.8, 4) is 23.0 Å². The van der Waals surface area contributed by atoms with Crippen LogP contribution >= 0.6 is 11.6 Å². The first-order valence-electron chi connectivity index (χ1n) is 10.9. The number of halogens is 1. The highest BCUT2D eigenvalue weighted by atomic mass is 35.5. The zero-order valence-corrected chi connectivity index (χ0v) is 20.4. The summed E-state index contributed by atoms with van der Waals surface area (Å²) in [5, 5.41) is 10.6. The summed E-state index contributed by atoms with van der Waals surface area (Å²) in [6, 6.07) is 9.51. The lowest BCUT2D eigenvalue weighted by Gasteiger charge is -2.20. The minimum absolute atomic E-state index is 0.0257. The zero-order chi connectivity index (χ0) is 24.0. The molecule has 33 heavy (non-hydrogen) atoms. The lowest BCUT2D eigenvalue weighted by atomic mass is 9.84. The van der Waals surface area contributed by atoms with Crippen LogP contribution in [0.4, 0.5) is 0 Å². The molecule has 1 aliphatic heterocycles. The number of cyclic esters (lactones) is 1. The van der Waals surface area contributed by atoms with Gasteiger partial charge in [-0.2, -0.15) is 0 Å². The van der Waals surface area contributed by atoms with Gasteiger partial charge in [0, 0.05) is 30.5 Å². The third-order valence-electron chi connectivity index (χ3n) is 6.05. The number of phenols is 1. The number of methoxy groups -OCH3 is 3. The second kappa shape index (κ2) is 11.5. The van der Waals surface area contributed by atoms with Gasteiger partial charge in [-0.25, -0.2) is 0 Å². The Bertz CT molecular complexity index is 966. The van der Waals surface area contributed by atoms with Crippen molar-refractivity contribution in [2.45, 2.75) is 19.4 Å². The Labute approximate surface area is 200 Å². The molecule has 3 rings (SSSR count). The van der Waals surface area contributed by atoms with Gasteiger partial charge < -0.3 is 29.0 Å². The zero-order valence-electron chi connectivity index (χ0n) is 19.6. The summed E-state index contributed by atoms with van der Waals surface area (Å²) in [5.74, 6) is 1.86. The molecule has 8 heteroatoms. The number of hydrogen-bond donors (Lipinski definition) is 1. The summed E-state index contributed by atoms with van der Waals surface area (Å²) in [7, 11) is 6.67. The number of carbonyl (C=O) groups is 1. The summed E-state index contributed by atoms with van der Waals surface area (Å²) >= 11 is 5.85. The molecular weight excluding hydrogens is 446 g/mol. The fourth-order valence-corrected chi connectivity index (χ4v) is 4.55. The number of rotatable bonds is 11. The summed E-state index contributed by atoms with van der Waals surface area (Å²) in [5.41, 5.74) is 2.70. The van der Waals surface area contributed by atoms with Crippen molar-refractivity contribution in [3.05, 3.63) is 47.0 Å². The molecule has 1 heterocycles. The second-order valence-electron chi connectivity index (χ2n) is 8.33. The summed E-state index contributed by atoms with van der Waals surface area (Å²) in [6.07, 6.45) is 1.18. The molecule has 0 saturated carbocycles. The van der Waals surface area contributed by atoms with E-state index in [1.54, 1.807) is 20.3 Å². The Morgan fingerprint density at radius 1 is 1.03 bits per heavy atom. The monoisotopic (exact) mass is 477 g/mol. The Morgan fingerprint density at radius 2 is 1.73 bits per heavy atom. The lowest BCUT2D eigenvalue weighted by molar-refractivity contribution is -0.141. The molecule has 0 radical (unpaired) electrons. The van der Waals surface area contributed by atoms with Crippen molar-refractivity contribution in [1.82, 2.24) is 4.90 Å². The fraction of sp³-hybridized carbons (Fsp3) is 0.480. The molecule has 0 aliphatic carbocycles. The van der Waals surface area contributed by atoms with E-state index in [2.05, 4.69) is 0 Å². The van der Waals surface area contributed by atoms with E-state index in [-0.39, 0.29) is 23.6 Å². The van der Waals surface area contributed by atoms with E-state index < -0.39 is 0 Å². The van der Waals surface area contributed by atoms with Crippen LogP contribution in [0.1, 0.15) is 16.7 Å². The Kier molecular flexibility index (Phi) is 8.69. The predicted octanol–water partition coefficient (Wildman–Crippen LogP) is 3.66. The Hall–Kier alpha value is -2.64. The summed E-state index contributed by atoms with van der Waals surface area (Å²) in [6.45, 7) is 1.58. The van der Waals surface area contributed by atoms with Gasteiger partial charge >= 0.3 is 5.97 Å². The molecule has 0 aromatic heterocycles. The van der Waals surface area contributed by atoms with Crippen molar-refractivity contribution in [3.63, 3.8) is 0 Å². The SMILES string of the molecule is COc1ccc(C[C@H]2COC(=O)[C@@H]2Cc2cc(CN(C)CCCl)c(O)c(OC)c2)cc1OC. The minimum Gasteiger partial charge on any atom is -0.504 e. The van der Waals surface area contributed by atoms with Crippen LogP contribution in [0.3, 0.4) is 0 Å². The van der Waals surface area contributed by atoms with Gasteiger partial charge in [-0.15, -0.1) is 11.6 Å². The van der Waals surface area contributed by atoms with E-state index in [9.17, 15) is 9.90 Å². The minimum atomic E-state index is -0.291. The number of ether oxygens (including phenoxy) is 4. The Morgan fingerprint density at radius 3 is 2.39 bits per heavy atom. The number of carbonyl (C=O) groups excluding carboxylic acids is 1. The Balaban J connectivity index is 1.81. The van der Waals surface area contributed by atoms with Gasteiger partial charge in [0.2, 0.25) is 0 Å². The number of alkyl halides is 1. The lowest BCUT2D eigenvalue weighted by Crippen LogP contribution is -2.22. The summed E-state index contributed by atoms with van der Waals surface area (Å²) in [4.78, 5) is 14.6. The molecule has 7 nitrogen and oxygen atoms in total. The molecule has 0 spiro atoms. The largest absolute Gasteiger partial charge is 0.504 e. The quantitative estimate of drug-likeness (QED) is 0.391. The standard InChI is InChI=1S/C25H32ClNO6/c1-27(8-7-26)14-18-10-17(13-23(32-4)24(18)28)11-20-19(15-33-25(20)29)9-16-5-6-21(30-2)22(12-16)31-3/h5-6,10,12-13,19-20,28H,7-9,11,14-15H2,1-4H3/t19-,20+/m0/s1. The number of esters is 1. The van der Waals surface area contributed by atoms with Crippen molar-refractivity contribution < 1.29 is 28.8 Å². The number of nitrogens with zero attached hydrogens (tertiary/aromatic N) is 1. The molecule has 1 aliphatic rings. The van der Waals surface area contributed by atoms with Gasteiger partial charge in [-0.1, -0.05) is 12.1 Å². The molecule has 1 saturated heterocycles. The third kappa shape index (κ3) is 6.03. The number of benzene rings is 2. The maximum atomic E-state index is 12.6. The highest BCUT2D eigenvalue weighted by molar-refractivity contribution is 6.18. The van der Waals surface area contributed by atoms with E-state index in [1.165, 1.54) is 7.11 Å². The third-order valence-corrected chi connectivity index (χ3v) is 6.22. The van der Waals surface area contributed by atoms with Crippen LogP contribution in [-0.4, -0.2) is 63.4 Å². The van der Waals surface area contributed by atoms with E-state index in [0.717, 1.165) is 16.7 Å². The first kappa shape index (κ1) is 25.0. The van der Waals surface area contributed by atoms with Crippen molar-refractivity contribution in [2.24, 2.45) is 11.8 Å². The van der Waals surface area contributed by atoms with E-state index >= 15 is 0 Å². The summed E-state index contributed by atoms with van der Waals surface area (Å²) < 4.78 is 21.6. The molecule has 180 valence electrons. The molecule has 0 bridgehead atoms. The molecular formula is C25H32ClNO6. The predicted molar refractivity (Wildman–Crippen MR) is 127 cm³/mol. The van der Waals surface area contributed by atoms with Gasteiger partial charge in [-0.3, -0.25) is 4.79 Å². The second-order valence-corrected chi connectivity index (χ2v) is 8.70. The molecule has 2 aromatic rings. The van der Waals surface area contributed by atoms with Crippen LogP contribution in [-0.2, 0) is 28.9 Å². The van der Waals surface area contributed by atoms with Gasteiger partial charge in [0.25, 0.3) is 0 Å². The smallest absolute Gasteiger partial charge is 0.309 e. The first-order chi connectivity index (χ1) is 15.9. The van der Waals surface area contributed by atoms with Crippen molar-refractivity contribution >= 4 is 17.6 Å². The van der Waals surface area contributed by atoms with Gasteiger partial charge in [0.05, 0.1) is 33.9 Å². The average Bonchev–Trinajstić information content (AvgIpc) is 3.14. The van der Waals surface area contributed by atoms with E-state index in [4.69, 9.17) is 30.5 Å². The van der Waals surface area contributed by atoms with Crippen LogP contribution in [0.5, 0.6) is 23.0 Å². The van der Waals surface area contributed by atoms with Gasteiger partial charge in [0.1, 0.15) is 0 Å². The normalized spacial score (nSPS) is 17.8. The van der Waals surface area contributed by atoms with Gasteiger partial charge in [-0.05, 0) is 49.2 Å². The maximum Gasteiger partial charge on any atom is 0.309 e. The highest BCUT2D eigenvalue weighted by Gasteiger charge is 2.37. The molecule has 0 unspecified atom stereocenters. The van der Waals surface area contributed by atoms with E-state index in [1.807, 2.05) is 36.2 Å². The van der Waals surface area contributed by atoms with Gasteiger partial charge in [0.15, 0.2) is 23.0 Å². The first-order valence-corrected chi connectivity index (χ1v) is 11.4. The van der Waals surface area contributed by atoms with Crippen molar-refractivity contribution in [1.29, 1.82) is 0 Å². The van der Waals surface area contributed by atoms with Crippen LogP contribution < -0.4 is 14.2 Å². The number of aromatic hydroxyl groups is 1. The molecule has 2 aromatic carbocycles. The molecule has 2 atom stereocenters. The average molecular weight is 478 g/mol. The van der Waals surface area contributed by atoms with Crippen LogP contribution in [0.15, 0.2) is 30.3 Å². The molecule has 1 fully saturated rings. The molecule has 0 amide bonds. The maximum absolute atomic E-state index is 12.6. The van der Waals surface area contributed by atoms with Crippen molar-refractivity contribution in [2.75, 3.05) is 47.4 Å². The fourth-order valence-electron chi connectivity index (χ4n) is 4.26. The topological polar surface area (TPSA) is 77.5 Å². The number of phenolic OH excluding ortho intramolecular Hbond substituents is 1. The van der Waals surface area contributed by atoms with Crippen LogP contribution in [0, 0.1) is 11.8 Å². The highest BCUT2D eigenvalue weighted by Crippen LogP contribution is 2.36. The van der Waals surface area contributed by atoms with E-state index in [0.29, 0.717) is 55.7 Å².